The molecule has 1 N–H and O–H groups in total. The molecule has 1 aliphatic rings. The van der Waals surface area contributed by atoms with Gasteiger partial charge in [-0.15, -0.1) is 0 Å². The summed E-state index contributed by atoms with van der Waals surface area (Å²) in [5, 5.41) is 2.76. The van der Waals surface area contributed by atoms with E-state index < -0.39 is 10.0 Å². The first-order valence-corrected chi connectivity index (χ1v) is 12.2. The maximum absolute atomic E-state index is 13.0. The lowest BCUT2D eigenvalue weighted by Crippen LogP contribution is -2.42. The number of nitrogens with one attached hydrogen (secondary N) is 1. The highest BCUT2D eigenvalue weighted by molar-refractivity contribution is 7.89. The van der Waals surface area contributed by atoms with Crippen LogP contribution in [0.5, 0.6) is 0 Å². The Balaban J connectivity index is 1.63. The first-order valence-electron chi connectivity index (χ1n) is 10.8. The summed E-state index contributed by atoms with van der Waals surface area (Å²) in [5.41, 5.74) is 2.08. The lowest BCUT2D eigenvalue weighted by molar-refractivity contribution is -0.116. The second kappa shape index (κ2) is 9.83. The fourth-order valence-electron chi connectivity index (χ4n) is 4.07. The van der Waals surface area contributed by atoms with E-state index in [4.69, 9.17) is 0 Å². The van der Waals surface area contributed by atoms with E-state index in [2.05, 4.69) is 19.2 Å². The number of sulfonamides is 1. The van der Waals surface area contributed by atoms with Crippen molar-refractivity contribution in [2.45, 2.75) is 32.1 Å². The Morgan fingerprint density at radius 2 is 1.56 bits per heavy atom. The third-order valence-electron chi connectivity index (χ3n) is 5.64. The topological polar surface area (TPSA) is 86.8 Å². The van der Waals surface area contributed by atoms with E-state index in [1.807, 2.05) is 19.1 Å². The Labute approximate surface area is 190 Å². The van der Waals surface area contributed by atoms with Crippen LogP contribution in [0.15, 0.2) is 53.4 Å². The van der Waals surface area contributed by atoms with Gasteiger partial charge in [-0.05, 0) is 61.6 Å². The fourth-order valence-corrected chi connectivity index (χ4v) is 5.75. The molecular weight excluding hydrogens is 426 g/mol. The van der Waals surface area contributed by atoms with E-state index in [0.717, 1.165) is 12.0 Å². The maximum atomic E-state index is 13.0. The van der Waals surface area contributed by atoms with Crippen molar-refractivity contribution in [2.75, 3.05) is 32.0 Å². The number of carbonyl (C=O) groups is 2. The lowest BCUT2D eigenvalue weighted by atomic mass is 9.94. The number of hydrogen-bond acceptors (Lipinski definition) is 4. The molecule has 1 saturated heterocycles. The monoisotopic (exact) mass is 457 g/mol. The molecule has 0 radical (unpaired) electrons. The summed E-state index contributed by atoms with van der Waals surface area (Å²) in [4.78, 5) is 26.5. The molecule has 3 rings (SSSR count). The van der Waals surface area contributed by atoms with E-state index >= 15 is 0 Å². The minimum atomic E-state index is -3.60. The van der Waals surface area contributed by atoms with E-state index in [0.29, 0.717) is 36.2 Å². The summed E-state index contributed by atoms with van der Waals surface area (Å²) >= 11 is 0. The summed E-state index contributed by atoms with van der Waals surface area (Å²) in [6.45, 7) is 6.98. The van der Waals surface area contributed by atoms with Gasteiger partial charge in [-0.3, -0.25) is 9.59 Å². The van der Waals surface area contributed by atoms with Crippen molar-refractivity contribution in [3.05, 3.63) is 59.7 Å². The van der Waals surface area contributed by atoms with E-state index in [1.165, 1.54) is 40.5 Å². The summed E-state index contributed by atoms with van der Waals surface area (Å²) in [5.74, 6) is -0.0337. The number of hydrogen-bond donors (Lipinski definition) is 1. The van der Waals surface area contributed by atoms with Crippen LogP contribution in [0, 0.1) is 18.8 Å². The predicted molar refractivity (Wildman–Crippen MR) is 125 cm³/mol. The van der Waals surface area contributed by atoms with Crippen LogP contribution in [0.3, 0.4) is 0 Å². The molecule has 2 atom stereocenters. The van der Waals surface area contributed by atoms with Crippen molar-refractivity contribution in [3.8, 4) is 0 Å². The fraction of sp³-hybridized carbons (Fsp3) is 0.417. The van der Waals surface area contributed by atoms with Crippen LogP contribution in [0.1, 0.15) is 36.2 Å². The second-order valence-corrected chi connectivity index (χ2v) is 10.8. The van der Waals surface area contributed by atoms with Crippen molar-refractivity contribution < 1.29 is 18.0 Å². The molecule has 7 nitrogen and oxygen atoms in total. The third kappa shape index (κ3) is 5.75. The quantitative estimate of drug-likeness (QED) is 0.721. The van der Waals surface area contributed by atoms with Crippen LogP contribution in [0.4, 0.5) is 5.69 Å². The molecule has 2 amide bonds. The number of benzene rings is 2. The molecule has 2 aromatic carbocycles. The van der Waals surface area contributed by atoms with Gasteiger partial charge in [0, 0.05) is 31.4 Å². The first kappa shape index (κ1) is 23.9. The average molecular weight is 458 g/mol. The standard InChI is InChI=1S/C24H31N3O4S/c1-17-5-9-21(10-6-17)25-23(28)16-26(4)24(29)20-7-11-22(12-8-20)32(30,31)27-14-18(2)13-19(3)15-27/h5-12,18-19H,13-16H2,1-4H3,(H,25,28). The van der Waals surface area contributed by atoms with Crippen molar-refractivity contribution in [3.63, 3.8) is 0 Å². The van der Waals surface area contributed by atoms with Crippen molar-refractivity contribution >= 4 is 27.5 Å². The number of aryl methyl sites for hydroxylation is 1. The van der Waals surface area contributed by atoms with Gasteiger partial charge in [-0.2, -0.15) is 4.31 Å². The number of likely N-dealkylation sites (N-methyl/N-ethyl adjacent to an activating group) is 1. The maximum Gasteiger partial charge on any atom is 0.254 e. The normalized spacial score (nSPS) is 19.4. The van der Waals surface area contributed by atoms with E-state index in [-0.39, 0.29) is 23.3 Å². The summed E-state index contributed by atoms with van der Waals surface area (Å²) < 4.78 is 27.6. The summed E-state index contributed by atoms with van der Waals surface area (Å²) in [6.07, 6.45) is 1.02. The molecule has 0 bridgehead atoms. The van der Waals surface area contributed by atoms with Gasteiger partial charge in [0.15, 0.2) is 0 Å². The zero-order chi connectivity index (χ0) is 23.5. The lowest BCUT2D eigenvalue weighted by Gasteiger charge is -2.34. The molecule has 32 heavy (non-hydrogen) atoms. The molecule has 0 saturated carbocycles. The zero-order valence-electron chi connectivity index (χ0n) is 19.0. The van der Waals surface area contributed by atoms with Gasteiger partial charge in [0.2, 0.25) is 15.9 Å². The van der Waals surface area contributed by atoms with Crippen molar-refractivity contribution in [1.82, 2.24) is 9.21 Å². The van der Waals surface area contributed by atoms with Crippen molar-refractivity contribution in [2.24, 2.45) is 11.8 Å². The van der Waals surface area contributed by atoms with Gasteiger partial charge in [0.1, 0.15) is 0 Å². The highest BCUT2D eigenvalue weighted by atomic mass is 32.2. The van der Waals surface area contributed by atoms with Crippen LogP contribution >= 0.6 is 0 Å². The Kier molecular flexibility index (Phi) is 7.36. The summed E-state index contributed by atoms with van der Waals surface area (Å²) in [6, 6.07) is 13.3. The van der Waals surface area contributed by atoms with Crippen LogP contribution in [-0.2, 0) is 14.8 Å². The Morgan fingerprint density at radius 3 is 2.12 bits per heavy atom. The number of rotatable bonds is 6. The van der Waals surface area contributed by atoms with Crippen LogP contribution in [-0.4, -0.2) is 56.1 Å². The third-order valence-corrected chi connectivity index (χ3v) is 7.48. The zero-order valence-corrected chi connectivity index (χ0v) is 19.9. The van der Waals surface area contributed by atoms with E-state index in [1.54, 1.807) is 12.1 Å². The molecule has 1 heterocycles. The Bertz CT molecular complexity index is 1060. The molecule has 0 aromatic heterocycles. The summed E-state index contributed by atoms with van der Waals surface area (Å²) in [7, 11) is -2.06. The number of piperidine rings is 1. The molecule has 1 fully saturated rings. The SMILES string of the molecule is Cc1ccc(NC(=O)CN(C)C(=O)c2ccc(S(=O)(=O)N3CC(C)CC(C)C3)cc2)cc1. The second-order valence-electron chi connectivity index (χ2n) is 8.87. The minimum absolute atomic E-state index is 0.115. The highest BCUT2D eigenvalue weighted by Crippen LogP contribution is 2.26. The van der Waals surface area contributed by atoms with Gasteiger partial charge in [0.25, 0.3) is 5.91 Å². The molecule has 0 aliphatic carbocycles. The highest BCUT2D eigenvalue weighted by Gasteiger charge is 2.31. The van der Waals surface area contributed by atoms with Gasteiger partial charge in [-0.1, -0.05) is 31.5 Å². The molecule has 1 aliphatic heterocycles. The molecule has 2 aromatic rings. The number of amides is 2. The number of nitrogens with zero attached hydrogens (tertiary/aromatic N) is 2. The van der Waals surface area contributed by atoms with Crippen LogP contribution in [0.2, 0.25) is 0 Å². The predicted octanol–water partition coefficient (Wildman–Crippen LogP) is 3.37. The molecular formula is C24H31N3O4S. The molecule has 172 valence electrons. The number of carbonyl (C=O) groups excluding carboxylic acids is 2. The van der Waals surface area contributed by atoms with Crippen molar-refractivity contribution in [1.29, 1.82) is 0 Å². The molecule has 8 heteroatoms. The average Bonchev–Trinajstić information content (AvgIpc) is 2.74. The Hall–Kier alpha value is -2.71. The van der Waals surface area contributed by atoms with Gasteiger partial charge < -0.3 is 10.2 Å². The smallest absolute Gasteiger partial charge is 0.254 e. The number of anilines is 1. The molecule has 0 spiro atoms. The minimum Gasteiger partial charge on any atom is -0.332 e. The largest absolute Gasteiger partial charge is 0.332 e. The van der Waals surface area contributed by atoms with Gasteiger partial charge in [-0.25, -0.2) is 8.42 Å². The van der Waals surface area contributed by atoms with Crippen LogP contribution < -0.4 is 5.32 Å². The van der Waals surface area contributed by atoms with E-state index in [9.17, 15) is 18.0 Å². The Morgan fingerprint density at radius 1 is 1.00 bits per heavy atom. The molecule has 2 unspecified atom stereocenters. The van der Waals surface area contributed by atoms with Gasteiger partial charge in [0.05, 0.1) is 11.4 Å². The first-order chi connectivity index (χ1) is 15.1. The van der Waals surface area contributed by atoms with Gasteiger partial charge >= 0.3 is 0 Å². The van der Waals surface area contributed by atoms with Crippen LogP contribution in [0.25, 0.3) is 0 Å².